The second kappa shape index (κ2) is 5.47. The van der Waals surface area contributed by atoms with E-state index in [4.69, 9.17) is 0 Å². The number of rotatable bonds is 6. The molecular weight excluding hydrogens is 252 g/mol. The Kier molecular flexibility index (Phi) is 3.85. The predicted octanol–water partition coefficient (Wildman–Crippen LogP) is 1.80. The van der Waals surface area contributed by atoms with Crippen LogP contribution in [0.15, 0.2) is 0 Å². The number of nitrogens with zero attached hydrogens (tertiary/aromatic N) is 1. The van der Waals surface area contributed by atoms with Crippen LogP contribution >= 0.6 is 0 Å². The minimum atomic E-state index is -0.00367. The summed E-state index contributed by atoms with van der Waals surface area (Å²) >= 11 is 0. The minimum Gasteiger partial charge on any atom is -0.314 e. The molecule has 0 spiro atoms. The quantitative estimate of drug-likeness (QED) is 0.754. The second-order valence-electron chi connectivity index (χ2n) is 7.03. The average Bonchev–Trinajstić information content (AvgIpc) is 3.13. The van der Waals surface area contributed by atoms with Crippen LogP contribution in [0.1, 0.15) is 46.0 Å². The Labute approximate surface area is 121 Å². The van der Waals surface area contributed by atoms with Gasteiger partial charge in [-0.25, -0.2) is 0 Å². The maximum absolute atomic E-state index is 12.4. The maximum Gasteiger partial charge on any atom is 0.233 e. The van der Waals surface area contributed by atoms with Crippen molar-refractivity contribution in [3.63, 3.8) is 0 Å². The van der Waals surface area contributed by atoms with Crippen LogP contribution < -0.4 is 5.32 Å². The molecule has 112 valence electrons. The molecular formula is C16H26N2O2. The highest BCUT2D eigenvalue weighted by atomic mass is 16.2. The van der Waals surface area contributed by atoms with E-state index >= 15 is 0 Å². The van der Waals surface area contributed by atoms with Gasteiger partial charge in [0.25, 0.3) is 0 Å². The van der Waals surface area contributed by atoms with Gasteiger partial charge in [-0.3, -0.25) is 14.5 Å². The zero-order valence-electron chi connectivity index (χ0n) is 12.6. The molecule has 0 aromatic carbocycles. The van der Waals surface area contributed by atoms with Crippen LogP contribution in [0.3, 0.4) is 0 Å². The van der Waals surface area contributed by atoms with Gasteiger partial charge in [-0.2, -0.15) is 0 Å². The molecule has 1 heterocycles. The first-order valence-electron chi connectivity index (χ1n) is 8.18. The van der Waals surface area contributed by atoms with Gasteiger partial charge in [0.1, 0.15) is 0 Å². The van der Waals surface area contributed by atoms with Crippen LogP contribution in [0, 0.1) is 23.7 Å². The third-order valence-corrected chi connectivity index (χ3v) is 5.23. The third-order valence-electron chi connectivity index (χ3n) is 5.23. The van der Waals surface area contributed by atoms with Gasteiger partial charge in [0.05, 0.1) is 11.8 Å². The van der Waals surface area contributed by atoms with Crippen LogP contribution in [0.4, 0.5) is 0 Å². The molecule has 20 heavy (non-hydrogen) atoms. The molecule has 2 amide bonds. The lowest BCUT2D eigenvalue weighted by atomic mass is 10.00. The monoisotopic (exact) mass is 278 g/mol. The summed E-state index contributed by atoms with van der Waals surface area (Å²) in [6.45, 7) is 5.79. The number of likely N-dealkylation sites (tertiary alicyclic amines) is 1. The molecule has 3 rings (SSSR count). The molecule has 0 bridgehead atoms. The lowest BCUT2D eigenvalue weighted by Crippen LogP contribution is -2.39. The SMILES string of the molecule is CCC1CC2C(=O)N(CC(C)CNC3CC3)C(=O)C2C1. The van der Waals surface area contributed by atoms with Crippen molar-refractivity contribution in [1.29, 1.82) is 0 Å². The summed E-state index contributed by atoms with van der Waals surface area (Å²) < 4.78 is 0. The molecule has 3 fully saturated rings. The van der Waals surface area contributed by atoms with Gasteiger partial charge in [-0.05, 0) is 44.1 Å². The first kappa shape index (κ1) is 14.1. The Morgan fingerprint density at radius 1 is 1.20 bits per heavy atom. The normalized spacial score (nSPS) is 34.7. The van der Waals surface area contributed by atoms with Gasteiger partial charge < -0.3 is 5.32 Å². The van der Waals surface area contributed by atoms with Crippen LogP contribution in [0.2, 0.25) is 0 Å². The highest BCUT2D eigenvalue weighted by Crippen LogP contribution is 2.44. The molecule has 4 nitrogen and oxygen atoms in total. The molecule has 3 unspecified atom stereocenters. The number of amides is 2. The molecule has 1 aliphatic heterocycles. The molecule has 0 radical (unpaired) electrons. The Bertz CT molecular complexity index is 381. The zero-order chi connectivity index (χ0) is 14.3. The molecule has 3 aliphatic rings. The van der Waals surface area contributed by atoms with Crippen molar-refractivity contribution in [2.45, 2.75) is 52.0 Å². The van der Waals surface area contributed by atoms with Crippen molar-refractivity contribution in [2.24, 2.45) is 23.7 Å². The summed E-state index contributed by atoms with van der Waals surface area (Å²) in [5, 5.41) is 3.48. The van der Waals surface area contributed by atoms with E-state index < -0.39 is 0 Å². The van der Waals surface area contributed by atoms with Crippen molar-refractivity contribution in [2.75, 3.05) is 13.1 Å². The van der Waals surface area contributed by atoms with E-state index in [1.54, 1.807) is 4.90 Å². The number of carbonyl (C=O) groups is 2. The molecule has 0 aromatic heterocycles. The Hall–Kier alpha value is -0.900. The summed E-state index contributed by atoms with van der Waals surface area (Å²) in [4.78, 5) is 26.4. The van der Waals surface area contributed by atoms with Crippen molar-refractivity contribution in [3.05, 3.63) is 0 Å². The van der Waals surface area contributed by atoms with E-state index in [1.807, 2.05) is 0 Å². The van der Waals surface area contributed by atoms with Crippen molar-refractivity contribution in [1.82, 2.24) is 10.2 Å². The van der Waals surface area contributed by atoms with Crippen LogP contribution in [-0.4, -0.2) is 35.8 Å². The van der Waals surface area contributed by atoms with E-state index in [9.17, 15) is 9.59 Å². The van der Waals surface area contributed by atoms with Crippen LogP contribution in [0.25, 0.3) is 0 Å². The molecule has 1 N–H and O–H groups in total. The fourth-order valence-corrected chi connectivity index (χ4v) is 3.74. The molecule has 3 atom stereocenters. The molecule has 1 saturated heterocycles. The first-order chi connectivity index (χ1) is 9.60. The smallest absolute Gasteiger partial charge is 0.233 e. The first-order valence-corrected chi connectivity index (χ1v) is 8.18. The van der Waals surface area contributed by atoms with E-state index in [0.717, 1.165) is 25.8 Å². The van der Waals surface area contributed by atoms with E-state index in [1.165, 1.54) is 12.8 Å². The highest BCUT2D eigenvalue weighted by molar-refractivity contribution is 6.05. The summed E-state index contributed by atoms with van der Waals surface area (Å²) in [6, 6.07) is 0.687. The largest absolute Gasteiger partial charge is 0.314 e. The van der Waals surface area contributed by atoms with E-state index in [0.29, 0.717) is 24.4 Å². The maximum atomic E-state index is 12.4. The van der Waals surface area contributed by atoms with Gasteiger partial charge in [0, 0.05) is 12.6 Å². The minimum absolute atomic E-state index is 0.00367. The number of hydrogen-bond acceptors (Lipinski definition) is 3. The summed E-state index contributed by atoms with van der Waals surface area (Å²) in [6.07, 6.45) is 5.50. The lowest BCUT2D eigenvalue weighted by molar-refractivity contribution is -0.141. The number of hydrogen-bond donors (Lipinski definition) is 1. The van der Waals surface area contributed by atoms with Crippen molar-refractivity contribution >= 4 is 11.8 Å². The lowest BCUT2D eigenvalue weighted by Gasteiger charge is -2.21. The van der Waals surface area contributed by atoms with Crippen molar-refractivity contribution < 1.29 is 9.59 Å². The van der Waals surface area contributed by atoms with E-state index in [2.05, 4.69) is 19.2 Å². The molecule has 2 saturated carbocycles. The fraction of sp³-hybridized carbons (Fsp3) is 0.875. The van der Waals surface area contributed by atoms with Gasteiger partial charge in [-0.1, -0.05) is 20.3 Å². The Morgan fingerprint density at radius 2 is 1.80 bits per heavy atom. The fourth-order valence-electron chi connectivity index (χ4n) is 3.74. The van der Waals surface area contributed by atoms with Gasteiger partial charge in [-0.15, -0.1) is 0 Å². The second-order valence-corrected chi connectivity index (χ2v) is 7.03. The number of imide groups is 1. The third kappa shape index (κ3) is 2.62. The summed E-state index contributed by atoms with van der Waals surface area (Å²) in [5.74, 6) is 1.13. The molecule has 4 heteroatoms. The topological polar surface area (TPSA) is 49.4 Å². The molecule has 2 aliphatic carbocycles. The van der Waals surface area contributed by atoms with Crippen molar-refractivity contribution in [3.8, 4) is 0 Å². The average molecular weight is 278 g/mol. The number of fused-ring (bicyclic) bond motifs is 1. The Balaban J connectivity index is 1.55. The standard InChI is InChI=1S/C16H26N2O2/c1-3-11-6-13-14(7-11)16(20)18(15(13)19)9-10(2)8-17-12-4-5-12/h10-14,17H,3-9H2,1-2H3. The highest BCUT2D eigenvalue weighted by Gasteiger charge is 2.52. The zero-order valence-corrected chi connectivity index (χ0v) is 12.6. The van der Waals surface area contributed by atoms with Crippen LogP contribution in [0.5, 0.6) is 0 Å². The summed E-state index contributed by atoms with van der Waals surface area (Å²) in [7, 11) is 0. The number of carbonyl (C=O) groups excluding carboxylic acids is 2. The number of nitrogens with one attached hydrogen (secondary N) is 1. The van der Waals surface area contributed by atoms with Gasteiger partial charge in [0.2, 0.25) is 11.8 Å². The summed E-state index contributed by atoms with van der Waals surface area (Å²) in [5.41, 5.74) is 0. The molecule has 0 aromatic rings. The van der Waals surface area contributed by atoms with Gasteiger partial charge >= 0.3 is 0 Å². The van der Waals surface area contributed by atoms with Gasteiger partial charge in [0.15, 0.2) is 0 Å². The predicted molar refractivity (Wildman–Crippen MR) is 76.9 cm³/mol. The van der Waals surface area contributed by atoms with E-state index in [-0.39, 0.29) is 23.7 Å². The van der Waals surface area contributed by atoms with Crippen LogP contribution in [-0.2, 0) is 9.59 Å². The Morgan fingerprint density at radius 3 is 2.30 bits per heavy atom.